The van der Waals surface area contributed by atoms with Gasteiger partial charge in [-0.3, -0.25) is 4.79 Å². The molecule has 7 heteroatoms. The molecule has 1 saturated heterocycles. The van der Waals surface area contributed by atoms with Crippen LogP contribution in [0.25, 0.3) is 0 Å². The molecule has 0 bridgehead atoms. The molecule has 3 heterocycles. The zero-order valence-corrected chi connectivity index (χ0v) is 14.5. The highest BCUT2D eigenvalue weighted by molar-refractivity contribution is 5.91. The molecule has 2 aromatic rings. The molecule has 0 aromatic carbocycles. The van der Waals surface area contributed by atoms with E-state index in [-0.39, 0.29) is 11.9 Å². The van der Waals surface area contributed by atoms with Crippen LogP contribution in [0.15, 0.2) is 16.8 Å². The number of amides is 1. The third kappa shape index (κ3) is 3.33. The van der Waals surface area contributed by atoms with Gasteiger partial charge in [0.15, 0.2) is 0 Å². The highest BCUT2D eigenvalue weighted by Gasteiger charge is 2.33. The second-order valence-corrected chi connectivity index (χ2v) is 6.99. The first kappa shape index (κ1) is 16.3. The number of hydrogen-bond donors (Lipinski definition) is 1. The van der Waals surface area contributed by atoms with Crippen molar-refractivity contribution in [2.45, 2.75) is 51.0 Å². The molecule has 0 spiro atoms. The molecule has 1 amide bonds. The zero-order chi connectivity index (χ0) is 17.2. The summed E-state index contributed by atoms with van der Waals surface area (Å²) in [6.07, 6.45) is 7.77. The molecule has 1 aliphatic heterocycles. The highest BCUT2D eigenvalue weighted by atomic mass is 16.5. The number of aromatic amines is 1. The van der Waals surface area contributed by atoms with Gasteiger partial charge in [0.25, 0.3) is 5.91 Å². The third-order valence-electron chi connectivity index (χ3n) is 5.19. The van der Waals surface area contributed by atoms with Gasteiger partial charge in [-0.05, 0) is 19.8 Å². The van der Waals surface area contributed by atoms with Crippen LogP contribution in [0.4, 0.5) is 0 Å². The summed E-state index contributed by atoms with van der Waals surface area (Å²) in [7, 11) is 0. The van der Waals surface area contributed by atoms with Gasteiger partial charge in [0.1, 0.15) is 11.9 Å². The first-order valence-corrected chi connectivity index (χ1v) is 9.09. The standard InChI is InChI=1S/C18H24N4O3/c1-12-10-19-17(20-12)15-11-24-8-7-22(15)18(23)16-9-14(21-25-16)13-5-3-2-4-6-13/h9-10,13,15H,2-8,11H2,1H3,(H,19,20)/t15-/m1/s1. The number of morpholine rings is 1. The number of rotatable bonds is 3. The maximum absolute atomic E-state index is 13.0. The van der Waals surface area contributed by atoms with Crippen molar-refractivity contribution in [1.29, 1.82) is 0 Å². The molecule has 2 aromatic heterocycles. The molecule has 1 N–H and O–H groups in total. The number of hydrogen-bond acceptors (Lipinski definition) is 5. The summed E-state index contributed by atoms with van der Waals surface area (Å²) in [5.41, 5.74) is 1.88. The predicted octanol–water partition coefficient (Wildman–Crippen LogP) is 2.97. The van der Waals surface area contributed by atoms with Crippen LogP contribution < -0.4 is 0 Å². The lowest BCUT2D eigenvalue weighted by Crippen LogP contribution is -2.43. The van der Waals surface area contributed by atoms with Gasteiger partial charge in [0, 0.05) is 30.4 Å². The van der Waals surface area contributed by atoms with Crippen molar-refractivity contribution in [2.75, 3.05) is 19.8 Å². The number of nitrogens with one attached hydrogen (secondary N) is 1. The summed E-state index contributed by atoms with van der Waals surface area (Å²) < 4.78 is 11.0. The largest absolute Gasteiger partial charge is 0.377 e. The zero-order valence-electron chi connectivity index (χ0n) is 14.5. The van der Waals surface area contributed by atoms with Crippen LogP contribution in [0.5, 0.6) is 0 Å². The second kappa shape index (κ2) is 7.00. The van der Waals surface area contributed by atoms with Gasteiger partial charge in [-0.1, -0.05) is 24.4 Å². The minimum atomic E-state index is -0.224. The van der Waals surface area contributed by atoms with Crippen molar-refractivity contribution in [1.82, 2.24) is 20.0 Å². The summed E-state index contributed by atoms with van der Waals surface area (Å²) in [4.78, 5) is 22.3. The lowest BCUT2D eigenvalue weighted by atomic mass is 9.87. The Bertz CT molecular complexity index is 732. The first-order valence-electron chi connectivity index (χ1n) is 9.09. The van der Waals surface area contributed by atoms with Crippen LogP contribution in [0.2, 0.25) is 0 Å². The quantitative estimate of drug-likeness (QED) is 0.925. The maximum Gasteiger partial charge on any atom is 0.293 e. The van der Waals surface area contributed by atoms with Crippen LogP contribution in [-0.2, 0) is 4.74 Å². The van der Waals surface area contributed by atoms with Gasteiger partial charge < -0.3 is 19.1 Å². The van der Waals surface area contributed by atoms with E-state index in [4.69, 9.17) is 9.26 Å². The molecular formula is C18H24N4O3. The number of carbonyl (C=O) groups is 1. The van der Waals surface area contributed by atoms with Crippen molar-refractivity contribution in [3.05, 3.63) is 35.2 Å². The minimum absolute atomic E-state index is 0.142. The molecule has 7 nitrogen and oxygen atoms in total. The SMILES string of the molecule is Cc1cnc([C@H]2COCCN2C(=O)c2cc(C3CCCCC3)no2)[nH]1. The normalized spacial score (nSPS) is 22.3. The smallest absolute Gasteiger partial charge is 0.293 e. The third-order valence-corrected chi connectivity index (χ3v) is 5.19. The van der Waals surface area contributed by atoms with Crippen LogP contribution in [0.1, 0.15) is 71.8 Å². The molecule has 1 aliphatic carbocycles. The number of H-pyrrole nitrogens is 1. The van der Waals surface area contributed by atoms with E-state index >= 15 is 0 Å². The molecule has 0 unspecified atom stereocenters. The van der Waals surface area contributed by atoms with Gasteiger partial charge >= 0.3 is 0 Å². The summed E-state index contributed by atoms with van der Waals surface area (Å²) in [5, 5.41) is 4.18. The van der Waals surface area contributed by atoms with E-state index < -0.39 is 0 Å². The van der Waals surface area contributed by atoms with Gasteiger partial charge in [0.05, 0.1) is 18.9 Å². The number of imidazole rings is 1. The van der Waals surface area contributed by atoms with Crippen LogP contribution in [0, 0.1) is 6.92 Å². The van der Waals surface area contributed by atoms with Crippen LogP contribution in [-0.4, -0.2) is 45.7 Å². The maximum atomic E-state index is 13.0. The molecule has 2 fully saturated rings. The molecular weight excluding hydrogens is 320 g/mol. The molecule has 1 atom stereocenters. The summed E-state index contributed by atoms with van der Waals surface area (Å²) in [6, 6.07) is 1.61. The number of carbonyl (C=O) groups excluding carboxylic acids is 1. The van der Waals surface area contributed by atoms with Gasteiger partial charge in [-0.15, -0.1) is 0 Å². The topological polar surface area (TPSA) is 84.2 Å². The molecule has 134 valence electrons. The van der Waals surface area contributed by atoms with Gasteiger partial charge in [-0.25, -0.2) is 4.98 Å². The van der Waals surface area contributed by atoms with Crippen LogP contribution >= 0.6 is 0 Å². The Kier molecular flexibility index (Phi) is 4.57. The second-order valence-electron chi connectivity index (χ2n) is 6.99. The molecule has 1 saturated carbocycles. The Labute approximate surface area is 146 Å². The van der Waals surface area contributed by atoms with E-state index in [0.29, 0.717) is 31.4 Å². The Morgan fingerprint density at radius 1 is 1.32 bits per heavy atom. The van der Waals surface area contributed by atoms with Crippen molar-refractivity contribution in [2.24, 2.45) is 0 Å². The fraction of sp³-hybridized carbons (Fsp3) is 0.611. The fourth-order valence-electron chi connectivity index (χ4n) is 3.80. The van der Waals surface area contributed by atoms with E-state index in [1.54, 1.807) is 11.1 Å². The lowest BCUT2D eigenvalue weighted by Gasteiger charge is -2.33. The van der Waals surface area contributed by atoms with E-state index in [0.717, 1.165) is 30.1 Å². The first-order chi connectivity index (χ1) is 12.2. The van der Waals surface area contributed by atoms with Crippen molar-refractivity contribution < 1.29 is 14.1 Å². The molecule has 4 rings (SSSR count). The van der Waals surface area contributed by atoms with Gasteiger partial charge in [0.2, 0.25) is 5.76 Å². The lowest BCUT2D eigenvalue weighted by molar-refractivity contribution is -0.00692. The summed E-state index contributed by atoms with van der Waals surface area (Å²) in [6.45, 7) is 3.41. The monoisotopic (exact) mass is 344 g/mol. The van der Waals surface area contributed by atoms with Crippen molar-refractivity contribution >= 4 is 5.91 Å². The number of nitrogens with zero attached hydrogens (tertiary/aromatic N) is 3. The average molecular weight is 344 g/mol. The Hall–Kier alpha value is -2.15. The molecule has 2 aliphatic rings. The van der Waals surface area contributed by atoms with E-state index in [1.807, 2.05) is 13.0 Å². The fourth-order valence-corrected chi connectivity index (χ4v) is 3.80. The van der Waals surface area contributed by atoms with E-state index in [1.165, 1.54) is 19.3 Å². The van der Waals surface area contributed by atoms with Crippen LogP contribution in [0.3, 0.4) is 0 Å². The summed E-state index contributed by atoms with van der Waals surface area (Å²) >= 11 is 0. The Morgan fingerprint density at radius 2 is 2.16 bits per heavy atom. The molecule has 0 radical (unpaired) electrons. The number of aryl methyl sites for hydroxylation is 1. The Morgan fingerprint density at radius 3 is 2.92 bits per heavy atom. The van der Waals surface area contributed by atoms with E-state index in [9.17, 15) is 4.79 Å². The molecule has 25 heavy (non-hydrogen) atoms. The van der Waals surface area contributed by atoms with Crippen molar-refractivity contribution in [3.63, 3.8) is 0 Å². The Balaban J connectivity index is 1.53. The number of aromatic nitrogens is 3. The van der Waals surface area contributed by atoms with Crippen molar-refractivity contribution in [3.8, 4) is 0 Å². The minimum Gasteiger partial charge on any atom is -0.377 e. The van der Waals surface area contributed by atoms with E-state index in [2.05, 4.69) is 15.1 Å². The predicted molar refractivity (Wildman–Crippen MR) is 90.3 cm³/mol. The summed E-state index contributed by atoms with van der Waals surface area (Å²) in [5.74, 6) is 1.34. The number of ether oxygens (including phenoxy) is 1. The average Bonchev–Trinajstić information content (AvgIpc) is 3.31. The van der Waals surface area contributed by atoms with Gasteiger partial charge in [-0.2, -0.15) is 0 Å². The highest BCUT2D eigenvalue weighted by Crippen LogP contribution is 2.33.